The summed E-state index contributed by atoms with van der Waals surface area (Å²) in [4.78, 5) is 14.4. The summed E-state index contributed by atoms with van der Waals surface area (Å²) in [7, 11) is 1.61. The predicted molar refractivity (Wildman–Crippen MR) is 99.9 cm³/mol. The van der Waals surface area contributed by atoms with Gasteiger partial charge >= 0.3 is 0 Å². The first-order valence-electron chi connectivity index (χ1n) is 8.26. The fourth-order valence-corrected chi connectivity index (χ4v) is 3.55. The number of nitrogens with zero attached hydrogens (tertiary/aromatic N) is 3. The summed E-state index contributed by atoms with van der Waals surface area (Å²) in [5.74, 6) is 1.16. The summed E-state index contributed by atoms with van der Waals surface area (Å²) in [6.07, 6.45) is 9.95. The van der Waals surface area contributed by atoms with Gasteiger partial charge in [0.1, 0.15) is 10.2 Å². The fraction of sp³-hybridized carbons (Fsp3) is 0.263. The zero-order valence-corrected chi connectivity index (χ0v) is 15.5. The number of aryl methyl sites for hydroxylation is 1. The van der Waals surface area contributed by atoms with Gasteiger partial charge in [-0.3, -0.25) is 4.79 Å². The van der Waals surface area contributed by atoms with Gasteiger partial charge in [0, 0.05) is 25.8 Å². The lowest BCUT2D eigenvalue weighted by Crippen LogP contribution is -2.26. The van der Waals surface area contributed by atoms with E-state index in [0.29, 0.717) is 10.2 Å². The Morgan fingerprint density at radius 2 is 1.96 bits per heavy atom. The van der Waals surface area contributed by atoms with E-state index in [-0.39, 0.29) is 5.56 Å². The summed E-state index contributed by atoms with van der Waals surface area (Å²) in [6, 6.07) is 6.16. The van der Waals surface area contributed by atoms with Crippen LogP contribution < -0.4 is 10.3 Å². The number of hydrogen-bond acceptors (Lipinski definition) is 4. The van der Waals surface area contributed by atoms with Crippen molar-refractivity contribution in [3.8, 4) is 11.5 Å². The smallest absolute Gasteiger partial charge is 0.284 e. The molecule has 5 nitrogen and oxygen atoms in total. The van der Waals surface area contributed by atoms with Crippen LogP contribution in [-0.2, 0) is 19.9 Å². The number of aromatic nitrogens is 2. The first kappa shape index (κ1) is 16.1. The molecule has 0 bridgehead atoms. The molecule has 25 heavy (non-hydrogen) atoms. The number of hydrogen-bond donors (Lipinski definition) is 0. The maximum absolute atomic E-state index is 11.9. The van der Waals surface area contributed by atoms with Crippen LogP contribution in [0, 0.1) is 0 Å². The minimum absolute atomic E-state index is 0.218. The highest BCUT2D eigenvalue weighted by Crippen LogP contribution is 2.29. The molecule has 0 radical (unpaired) electrons. The summed E-state index contributed by atoms with van der Waals surface area (Å²) in [5, 5.41) is 4.01. The molecule has 0 amide bonds. The summed E-state index contributed by atoms with van der Waals surface area (Å²) < 4.78 is 7.55. The van der Waals surface area contributed by atoms with Gasteiger partial charge in [-0.2, -0.15) is 5.10 Å². The van der Waals surface area contributed by atoms with Crippen LogP contribution in [0.1, 0.15) is 11.1 Å². The Labute approximate surface area is 154 Å². The first-order chi connectivity index (χ1) is 12.1. The maximum Gasteiger partial charge on any atom is 0.284 e. The zero-order chi connectivity index (χ0) is 17.4. The summed E-state index contributed by atoms with van der Waals surface area (Å²) in [5.41, 5.74) is 3.76. The third-order valence-corrected chi connectivity index (χ3v) is 5.38. The van der Waals surface area contributed by atoms with E-state index in [1.54, 1.807) is 13.2 Å². The second-order valence-corrected chi connectivity index (χ2v) is 7.01. The highest BCUT2D eigenvalue weighted by molar-refractivity contribution is 9.10. The number of benzene rings is 1. The molecule has 0 atom stereocenters. The Balaban J connectivity index is 1.55. The highest BCUT2D eigenvalue weighted by atomic mass is 79.9. The highest BCUT2D eigenvalue weighted by Gasteiger charge is 2.17. The Kier molecular flexibility index (Phi) is 4.21. The van der Waals surface area contributed by atoms with Crippen LogP contribution in [0.25, 0.3) is 0 Å². The third-order valence-electron chi connectivity index (χ3n) is 4.65. The van der Waals surface area contributed by atoms with Crippen LogP contribution >= 0.6 is 15.9 Å². The average Bonchev–Trinajstić information content (AvgIpc) is 2.77. The van der Waals surface area contributed by atoms with Gasteiger partial charge in [0.15, 0.2) is 5.75 Å². The Morgan fingerprint density at radius 3 is 2.68 bits per heavy atom. The zero-order valence-electron chi connectivity index (χ0n) is 13.9. The quantitative estimate of drug-likeness (QED) is 0.794. The van der Waals surface area contributed by atoms with Crippen LogP contribution in [0.4, 0.5) is 0 Å². The minimum Gasteiger partial charge on any atom is -0.454 e. The standard InChI is InChI=1S/C19H18BrN3O2/c1-22-19(24)18(20)17(12-21-22)25-16-6-5-13-7-9-23(15-3-2-4-15)10-8-14(13)11-16/h2-6,11-12H,7-10H2,1H3. The SMILES string of the molecule is Cn1ncc(Oc2ccc3c(c2)CCN(C2=CC=C2)CC3)c(Br)c1=O. The lowest BCUT2D eigenvalue weighted by molar-refractivity contribution is 0.370. The molecule has 1 aromatic carbocycles. The average molecular weight is 400 g/mol. The molecule has 0 fully saturated rings. The van der Waals surface area contributed by atoms with Crippen molar-refractivity contribution in [1.82, 2.24) is 14.7 Å². The predicted octanol–water partition coefficient (Wildman–Crippen LogP) is 3.19. The van der Waals surface area contributed by atoms with Crippen LogP contribution in [0.5, 0.6) is 11.5 Å². The van der Waals surface area contributed by atoms with Gasteiger partial charge in [-0.05, 0) is 64.2 Å². The Morgan fingerprint density at radius 1 is 1.20 bits per heavy atom. The monoisotopic (exact) mass is 399 g/mol. The molecule has 2 aliphatic rings. The number of halogens is 1. The molecule has 2 aromatic rings. The molecule has 0 saturated carbocycles. The molecule has 2 heterocycles. The van der Waals surface area contributed by atoms with Crippen LogP contribution in [0.3, 0.4) is 0 Å². The second kappa shape index (κ2) is 6.52. The van der Waals surface area contributed by atoms with Crippen molar-refractivity contribution in [2.45, 2.75) is 12.8 Å². The van der Waals surface area contributed by atoms with Crippen LogP contribution in [0.2, 0.25) is 0 Å². The summed E-state index contributed by atoms with van der Waals surface area (Å²) >= 11 is 3.30. The number of allylic oxidation sites excluding steroid dienone is 3. The van der Waals surface area contributed by atoms with Gasteiger partial charge in [-0.1, -0.05) is 12.1 Å². The fourth-order valence-electron chi connectivity index (χ4n) is 3.11. The lowest BCUT2D eigenvalue weighted by atomic mass is 10.0. The molecule has 1 aliphatic carbocycles. The first-order valence-corrected chi connectivity index (χ1v) is 9.06. The van der Waals surface area contributed by atoms with Crippen molar-refractivity contribution in [3.63, 3.8) is 0 Å². The van der Waals surface area contributed by atoms with E-state index in [4.69, 9.17) is 4.74 Å². The number of rotatable bonds is 3. The Hall–Kier alpha value is -2.34. The molecule has 128 valence electrons. The molecule has 0 spiro atoms. The van der Waals surface area contributed by atoms with Crippen molar-refractivity contribution in [2.24, 2.45) is 7.05 Å². The van der Waals surface area contributed by atoms with E-state index in [0.717, 1.165) is 31.7 Å². The third kappa shape index (κ3) is 3.14. The largest absolute Gasteiger partial charge is 0.454 e. The van der Waals surface area contributed by atoms with Gasteiger partial charge in [-0.25, -0.2) is 4.68 Å². The van der Waals surface area contributed by atoms with Gasteiger partial charge in [0.05, 0.1) is 6.20 Å². The molecule has 6 heteroatoms. The van der Waals surface area contributed by atoms with Crippen molar-refractivity contribution < 1.29 is 4.74 Å². The van der Waals surface area contributed by atoms with Gasteiger partial charge in [0.25, 0.3) is 5.56 Å². The second-order valence-electron chi connectivity index (χ2n) is 6.22. The number of fused-ring (bicyclic) bond motifs is 1. The molecular formula is C19H18BrN3O2. The molecule has 1 aliphatic heterocycles. The molecular weight excluding hydrogens is 382 g/mol. The van der Waals surface area contributed by atoms with E-state index in [1.807, 2.05) is 6.07 Å². The van der Waals surface area contributed by atoms with E-state index in [1.165, 1.54) is 21.5 Å². The van der Waals surface area contributed by atoms with Gasteiger partial charge in [0.2, 0.25) is 0 Å². The van der Waals surface area contributed by atoms with Crippen LogP contribution in [-0.4, -0.2) is 27.8 Å². The topological polar surface area (TPSA) is 47.4 Å². The van der Waals surface area contributed by atoms with Crippen molar-refractivity contribution in [3.05, 3.63) is 74.3 Å². The van der Waals surface area contributed by atoms with Crippen molar-refractivity contribution in [1.29, 1.82) is 0 Å². The molecule has 0 saturated heterocycles. The van der Waals surface area contributed by atoms with Gasteiger partial charge < -0.3 is 9.64 Å². The van der Waals surface area contributed by atoms with E-state index >= 15 is 0 Å². The van der Waals surface area contributed by atoms with E-state index < -0.39 is 0 Å². The van der Waals surface area contributed by atoms with E-state index in [2.05, 4.69) is 56.3 Å². The van der Waals surface area contributed by atoms with E-state index in [9.17, 15) is 4.79 Å². The Bertz CT molecular complexity index is 946. The lowest BCUT2D eigenvalue weighted by Gasteiger charge is -2.26. The molecule has 0 unspecified atom stereocenters. The van der Waals surface area contributed by atoms with Crippen molar-refractivity contribution in [2.75, 3.05) is 13.1 Å². The number of ether oxygens (including phenoxy) is 1. The maximum atomic E-state index is 11.9. The summed E-state index contributed by atoms with van der Waals surface area (Å²) in [6.45, 7) is 2.04. The molecule has 0 N–H and O–H groups in total. The molecule has 4 rings (SSSR count). The van der Waals surface area contributed by atoms with Crippen LogP contribution in [0.15, 0.2) is 57.6 Å². The minimum atomic E-state index is -0.218. The van der Waals surface area contributed by atoms with Crippen molar-refractivity contribution >= 4 is 15.9 Å². The normalized spacial score (nSPS) is 15.9. The van der Waals surface area contributed by atoms with Gasteiger partial charge in [-0.15, -0.1) is 0 Å². The molecule has 1 aromatic heterocycles.